The van der Waals surface area contributed by atoms with Crippen LogP contribution in [0.15, 0.2) is 46.5 Å². The minimum absolute atomic E-state index is 0.157. The molecule has 1 fully saturated rings. The molecule has 1 aliphatic heterocycles. The van der Waals surface area contributed by atoms with Gasteiger partial charge in [-0.3, -0.25) is 9.69 Å². The Kier molecular flexibility index (Phi) is 4.87. The molecule has 1 aromatic carbocycles. The van der Waals surface area contributed by atoms with Crippen molar-refractivity contribution in [2.75, 3.05) is 6.54 Å². The number of furan rings is 1. The van der Waals surface area contributed by atoms with Crippen molar-refractivity contribution < 1.29 is 13.9 Å². The van der Waals surface area contributed by atoms with E-state index in [1.807, 2.05) is 19.1 Å². The molecule has 2 aromatic rings. The molecule has 1 saturated heterocycles. The van der Waals surface area contributed by atoms with Gasteiger partial charge >= 0.3 is 0 Å². The Hall–Kier alpha value is -2.31. The fourth-order valence-corrected chi connectivity index (χ4v) is 2.76. The first-order valence-electron chi connectivity index (χ1n) is 7.38. The highest BCUT2D eigenvalue weighted by atomic mass is 35.5. The van der Waals surface area contributed by atoms with Crippen LogP contribution in [0.1, 0.15) is 18.4 Å². The summed E-state index contributed by atoms with van der Waals surface area (Å²) >= 11 is 11.0. The summed E-state index contributed by atoms with van der Waals surface area (Å²) in [4.78, 5) is 13.6. The standard InChI is InChI=1S/C17H15ClN2O3S/c1-2-20-16(21)15(19-17(20)24)9-13-6-7-14(23-13)10-22-12-5-3-4-11(18)8-12/h3-9H,2,10H2,1H3,(H,19,24)/b15-9+. The Balaban J connectivity index is 1.67. The minimum Gasteiger partial charge on any atom is -0.486 e. The lowest BCUT2D eigenvalue weighted by atomic mass is 10.3. The Morgan fingerprint density at radius 2 is 2.21 bits per heavy atom. The van der Waals surface area contributed by atoms with Crippen LogP contribution in [0, 0.1) is 0 Å². The fraction of sp³-hybridized carbons (Fsp3) is 0.176. The summed E-state index contributed by atoms with van der Waals surface area (Å²) in [5.74, 6) is 1.70. The van der Waals surface area contributed by atoms with Crippen LogP contribution in [0.5, 0.6) is 5.75 Å². The van der Waals surface area contributed by atoms with E-state index in [1.165, 1.54) is 4.90 Å². The molecule has 1 aliphatic rings. The maximum absolute atomic E-state index is 12.1. The van der Waals surface area contributed by atoms with Gasteiger partial charge in [-0.15, -0.1) is 0 Å². The second kappa shape index (κ2) is 7.07. The molecule has 3 rings (SSSR count). The van der Waals surface area contributed by atoms with Gasteiger partial charge in [-0.05, 0) is 49.5 Å². The number of likely N-dealkylation sites (N-methyl/N-ethyl adjacent to an activating group) is 1. The average molecular weight is 363 g/mol. The van der Waals surface area contributed by atoms with E-state index >= 15 is 0 Å². The van der Waals surface area contributed by atoms with Crippen molar-refractivity contribution in [3.63, 3.8) is 0 Å². The van der Waals surface area contributed by atoms with Crippen molar-refractivity contribution in [1.82, 2.24) is 10.2 Å². The first kappa shape index (κ1) is 16.5. The summed E-state index contributed by atoms with van der Waals surface area (Å²) in [7, 11) is 0. The number of ether oxygens (including phenoxy) is 1. The molecule has 0 radical (unpaired) electrons. The maximum Gasteiger partial charge on any atom is 0.276 e. The molecule has 1 amide bonds. The molecular weight excluding hydrogens is 348 g/mol. The molecule has 1 N–H and O–H groups in total. The summed E-state index contributed by atoms with van der Waals surface area (Å²) in [6.45, 7) is 2.66. The first-order chi connectivity index (χ1) is 11.6. The quantitative estimate of drug-likeness (QED) is 0.650. The zero-order valence-electron chi connectivity index (χ0n) is 12.9. The van der Waals surface area contributed by atoms with Gasteiger partial charge in [0.2, 0.25) is 0 Å². The van der Waals surface area contributed by atoms with E-state index in [-0.39, 0.29) is 12.5 Å². The lowest BCUT2D eigenvalue weighted by Crippen LogP contribution is -2.30. The van der Waals surface area contributed by atoms with Crippen LogP contribution in [0.3, 0.4) is 0 Å². The highest BCUT2D eigenvalue weighted by Crippen LogP contribution is 2.20. The van der Waals surface area contributed by atoms with Crippen molar-refractivity contribution in [1.29, 1.82) is 0 Å². The molecule has 0 saturated carbocycles. The smallest absolute Gasteiger partial charge is 0.276 e. The lowest BCUT2D eigenvalue weighted by molar-refractivity contribution is -0.122. The predicted octanol–water partition coefficient (Wildman–Crippen LogP) is 3.59. The van der Waals surface area contributed by atoms with Crippen molar-refractivity contribution in [2.45, 2.75) is 13.5 Å². The zero-order valence-corrected chi connectivity index (χ0v) is 14.5. The number of nitrogens with zero attached hydrogens (tertiary/aromatic N) is 1. The van der Waals surface area contributed by atoms with Gasteiger partial charge in [0, 0.05) is 17.6 Å². The Morgan fingerprint density at radius 3 is 2.92 bits per heavy atom. The van der Waals surface area contributed by atoms with Crippen LogP contribution in [0.4, 0.5) is 0 Å². The van der Waals surface area contributed by atoms with Gasteiger partial charge < -0.3 is 14.5 Å². The van der Waals surface area contributed by atoms with Crippen LogP contribution in [0.25, 0.3) is 6.08 Å². The second-order valence-electron chi connectivity index (χ2n) is 5.09. The Morgan fingerprint density at radius 1 is 1.38 bits per heavy atom. The Labute approximate surface area is 149 Å². The van der Waals surface area contributed by atoms with Crippen molar-refractivity contribution in [3.8, 4) is 5.75 Å². The van der Waals surface area contributed by atoms with Gasteiger partial charge in [0.15, 0.2) is 5.11 Å². The number of carbonyl (C=O) groups excluding carboxylic acids is 1. The van der Waals surface area contributed by atoms with Gasteiger partial charge in [-0.1, -0.05) is 17.7 Å². The van der Waals surface area contributed by atoms with Crippen molar-refractivity contribution in [3.05, 3.63) is 58.6 Å². The molecule has 2 heterocycles. The highest BCUT2D eigenvalue weighted by Gasteiger charge is 2.29. The van der Waals surface area contributed by atoms with Crippen LogP contribution in [-0.2, 0) is 11.4 Å². The number of benzene rings is 1. The van der Waals surface area contributed by atoms with Crippen LogP contribution in [-0.4, -0.2) is 22.5 Å². The molecular formula is C17H15ClN2O3S. The number of halogens is 1. The van der Waals surface area contributed by atoms with E-state index in [9.17, 15) is 4.79 Å². The van der Waals surface area contributed by atoms with E-state index in [0.717, 1.165) is 0 Å². The third-order valence-corrected chi connectivity index (χ3v) is 3.98. The zero-order chi connectivity index (χ0) is 17.1. The SMILES string of the molecule is CCN1C(=O)/C(=C\c2ccc(COc3cccc(Cl)c3)o2)NC1=S. The van der Waals surface area contributed by atoms with Crippen LogP contribution in [0.2, 0.25) is 5.02 Å². The molecule has 5 nitrogen and oxygen atoms in total. The maximum atomic E-state index is 12.1. The van der Waals surface area contributed by atoms with Gasteiger partial charge in [-0.2, -0.15) is 0 Å². The number of hydrogen-bond donors (Lipinski definition) is 1. The molecule has 124 valence electrons. The van der Waals surface area contributed by atoms with Gasteiger partial charge in [-0.25, -0.2) is 0 Å². The highest BCUT2D eigenvalue weighted by molar-refractivity contribution is 7.80. The third-order valence-electron chi connectivity index (χ3n) is 3.42. The molecule has 0 unspecified atom stereocenters. The molecule has 0 bridgehead atoms. The van der Waals surface area contributed by atoms with Gasteiger partial charge in [0.05, 0.1) is 0 Å². The third kappa shape index (κ3) is 3.60. The molecule has 1 aromatic heterocycles. The summed E-state index contributed by atoms with van der Waals surface area (Å²) in [5, 5.41) is 3.91. The largest absolute Gasteiger partial charge is 0.486 e. The first-order valence-corrected chi connectivity index (χ1v) is 8.17. The summed E-state index contributed by atoms with van der Waals surface area (Å²) in [5.41, 5.74) is 0.401. The topological polar surface area (TPSA) is 54.7 Å². The van der Waals surface area contributed by atoms with E-state index < -0.39 is 0 Å². The molecule has 24 heavy (non-hydrogen) atoms. The normalized spacial score (nSPS) is 15.9. The number of hydrogen-bond acceptors (Lipinski definition) is 4. The number of amides is 1. The molecule has 0 spiro atoms. The molecule has 0 aliphatic carbocycles. The van der Waals surface area contributed by atoms with Gasteiger partial charge in [0.25, 0.3) is 5.91 Å². The Bertz CT molecular complexity index is 816. The lowest BCUT2D eigenvalue weighted by Gasteiger charge is -2.08. The van der Waals surface area contributed by atoms with Crippen LogP contribution < -0.4 is 10.1 Å². The van der Waals surface area contributed by atoms with Gasteiger partial charge in [0.1, 0.15) is 29.6 Å². The summed E-state index contributed by atoms with van der Waals surface area (Å²) in [6.07, 6.45) is 1.63. The van der Waals surface area contributed by atoms with E-state index in [4.69, 9.17) is 33.0 Å². The van der Waals surface area contributed by atoms with E-state index in [2.05, 4.69) is 5.32 Å². The predicted molar refractivity (Wildman–Crippen MR) is 95.6 cm³/mol. The van der Waals surface area contributed by atoms with E-state index in [0.29, 0.717) is 39.6 Å². The number of nitrogens with one attached hydrogen (secondary N) is 1. The summed E-state index contributed by atoms with van der Waals surface area (Å²) in [6, 6.07) is 10.7. The average Bonchev–Trinajstić information content (AvgIpc) is 3.10. The number of carbonyl (C=O) groups is 1. The molecule has 7 heteroatoms. The summed E-state index contributed by atoms with van der Waals surface area (Å²) < 4.78 is 11.3. The number of thiocarbonyl (C=S) groups is 1. The minimum atomic E-state index is -0.157. The number of rotatable bonds is 5. The fourth-order valence-electron chi connectivity index (χ4n) is 2.26. The molecule has 0 atom stereocenters. The van der Waals surface area contributed by atoms with E-state index in [1.54, 1.807) is 30.3 Å². The second-order valence-corrected chi connectivity index (χ2v) is 5.91. The monoisotopic (exact) mass is 362 g/mol. The van der Waals surface area contributed by atoms with Crippen molar-refractivity contribution in [2.24, 2.45) is 0 Å². The van der Waals surface area contributed by atoms with Crippen LogP contribution >= 0.6 is 23.8 Å². The van der Waals surface area contributed by atoms with Crippen molar-refractivity contribution >= 4 is 40.9 Å².